The number of carbonyl (C=O) groups excluding carboxylic acids is 1. The van der Waals surface area contributed by atoms with E-state index in [0.29, 0.717) is 6.54 Å². The number of amides is 1. The number of hydrogen-bond donors (Lipinski definition) is 0. The van der Waals surface area contributed by atoms with E-state index in [1.54, 1.807) is 24.0 Å². The summed E-state index contributed by atoms with van der Waals surface area (Å²) in [6.07, 6.45) is 1.96. The van der Waals surface area contributed by atoms with Crippen LogP contribution in [0.1, 0.15) is 23.6 Å². The van der Waals surface area contributed by atoms with E-state index in [1.807, 2.05) is 66.7 Å². The van der Waals surface area contributed by atoms with E-state index < -0.39 is 0 Å². The molecule has 130 valence electrons. The summed E-state index contributed by atoms with van der Waals surface area (Å²) >= 11 is 0. The molecule has 0 spiro atoms. The Bertz CT molecular complexity index is 887. The van der Waals surface area contributed by atoms with Gasteiger partial charge in [-0.3, -0.25) is 4.79 Å². The smallest absolute Gasteiger partial charge is 0.224 e. The van der Waals surface area contributed by atoms with Gasteiger partial charge in [-0.15, -0.1) is 0 Å². The number of hydrogen-bond acceptors (Lipinski definition) is 1. The van der Waals surface area contributed by atoms with Crippen molar-refractivity contribution in [2.45, 2.75) is 13.5 Å². The predicted molar refractivity (Wildman–Crippen MR) is 103 cm³/mol. The van der Waals surface area contributed by atoms with E-state index in [4.69, 9.17) is 0 Å². The summed E-state index contributed by atoms with van der Waals surface area (Å²) in [6.45, 7) is 2.00. The maximum absolute atomic E-state index is 13.4. The Morgan fingerprint density at radius 1 is 0.885 bits per heavy atom. The molecular formula is C23H20FNO. The van der Waals surface area contributed by atoms with E-state index in [0.717, 1.165) is 22.4 Å². The van der Waals surface area contributed by atoms with Crippen LogP contribution in [0, 0.1) is 5.82 Å². The summed E-state index contributed by atoms with van der Waals surface area (Å²) < 4.78 is 13.4. The zero-order valence-electron chi connectivity index (χ0n) is 14.6. The van der Waals surface area contributed by atoms with Crippen molar-refractivity contribution in [1.82, 2.24) is 4.90 Å². The van der Waals surface area contributed by atoms with E-state index in [9.17, 15) is 9.18 Å². The van der Waals surface area contributed by atoms with Crippen molar-refractivity contribution in [3.63, 3.8) is 0 Å². The summed E-state index contributed by atoms with van der Waals surface area (Å²) in [5.41, 5.74) is 3.55. The van der Waals surface area contributed by atoms with Crippen LogP contribution in [0.5, 0.6) is 0 Å². The lowest BCUT2D eigenvalue weighted by Gasteiger charge is -2.25. The van der Waals surface area contributed by atoms with Gasteiger partial charge in [0.05, 0.1) is 12.2 Å². The van der Waals surface area contributed by atoms with Crippen molar-refractivity contribution < 1.29 is 9.18 Å². The molecule has 0 fully saturated rings. The molecule has 0 radical (unpaired) electrons. The first-order valence-corrected chi connectivity index (χ1v) is 8.48. The zero-order valence-corrected chi connectivity index (χ0v) is 14.6. The molecule has 0 aliphatic rings. The average Bonchev–Trinajstić information content (AvgIpc) is 2.67. The Labute approximate surface area is 153 Å². The van der Waals surface area contributed by atoms with Gasteiger partial charge in [-0.2, -0.15) is 0 Å². The number of carbonyl (C=O) groups is 1. The molecule has 3 rings (SSSR count). The highest BCUT2D eigenvalue weighted by Crippen LogP contribution is 2.25. The molecular weight excluding hydrogens is 325 g/mol. The van der Waals surface area contributed by atoms with E-state index in [1.165, 1.54) is 12.1 Å². The number of halogens is 1. The number of benzene rings is 3. The lowest BCUT2D eigenvalue weighted by Crippen LogP contribution is -2.26. The van der Waals surface area contributed by atoms with Crippen molar-refractivity contribution in [2.75, 3.05) is 0 Å². The Kier molecular flexibility index (Phi) is 5.59. The lowest BCUT2D eigenvalue weighted by atomic mass is 10.1. The minimum absolute atomic E-state index is 0.0691. The predicted octanol–water partition coefficient (Wildman–Crippen LogP) is 5.37. The molecule has 0 saturated carbocycles. The van der Waals surface area contributed by atoms with Gasteiger partial charge in [-0.25, -0.2) is 4.39 Å². The van der Waals surface area contributed by atoms with Crippen LogP contribution in [-0.4, -0.2) is 10.8 Å². The summed E-state index contributed by atoms with van der Waals surface area (Å²) in [5, 5.41) is 0. The molecule has 0 saturated heterocycles. The summed E-state index contributed by atoms with van der Waals surface area (Å²) in [5.74, 6) is -0.370. The molecule has 26 heavy (non-hydrogen) atoms. The van der Waals surface area contributed by atoms with Gasteiger partial charge < -0.3 is 4.90 Å². The van der Waals surface area contributed by atoms with Crippen LogP contribution in [0.15, 0.2) is 84.9 Å². The van der Waals surface area contributed by atoms with Gasteiger partial charge in [0.15, 0.2) is 0 Å². The third-order valence-electron chi connectivity index (χ3n) is 4.10. The van der Waals surface area contributed by atoms with Gasteiger partial charge in [0.25, 0.3) is 0 Å². The Morgan fingerprint density at radius 3 is 2.04 bits per heavy atom. The molecule has 0 heterocycles. The fourth-order valence-corrected chi connectivity index (χ4v) is 2.78. The van der Waals surface area contributed by atoms with Crippen LogP contribution < -0.4 is 0 Å². The van der Waals surface area contributed by atoms with Crippen molar-refractivity contribution in [3.8, 4) is 0 Å². The van der Waals surface area contributed by atoms with Crippen LogP contribution in [0.4, 0.5) is 4.39 Å². The first kappa shape index (κ1) is 17.6. The molecule has 0 aliphatic heterocycles. The van der Waals surface area contributed by atoms with Crippen molar-refractivity contribution in [2.24, 2.45) is 0 Å². The molecule has 0 aromatic heterocycles. The number of rotatable bonds is 5. The second-order valence-electron chi connectivity index (χ2n) is 6.04. The Hall–Kier alpha value is -3.20. The summed E-state index contributed by atoms with van der Waals surface area (Å²) in [7, 11) is 0. The SMILES string of the molecule is CC(=O)N(Cc1ccccc1)/C(=C\c1ccccc1)c1ccc(F)cc1. The highest BCUT2D eigenvalue weighted by molar-refractivity contribution is 5.91. The third-order valence-corrected chi connectivity index (χ3v) is 4.10. The normalized spacial score (nSPS) is 11.2. The molecule has 3 aromatic carbocycles. The third kappa shape index (κ3) is 4.45. The van der Waals surface area contributed by atoms with Gasteiger partial charge in [0.2, 0.25) is 5.91 Å². The van der Waals surface area contributed by atoms with Gasteiger partial charge in [-0.05, 0) is 47.0 Å². The largest absolute Gasteiger partial charge is 0.308 e. The van der Waals surface area contributed by atoms with Crippen LogP contribution in [0.25, 0.3) is 11.8 Å². The van der Waals surface area contributed by atoms with E-state index >= 15 is 0 Å². The van der Waals surface area contributed by atoms with Crippen LogP contribution >= 0.6 is 0 Å². The van der Waals surface area contributed by atoms with Crippen LogP contribution in [0.2, 0.25) is 0 Å². The topological polar surface area (TPSA) is 20.3 Å². The van der Waals surface area contributed by atoms with E-state index in [2.05, 4.69) is 0 Å². The summed E-state index contributed by atoms with van der Waals surface area (Å²) in [4.78, 5) is 14.1. The quantitative estimate of drug-likeness (QED) is 0.569. The Morgan fingerprint density at radius 2 is 1.46 bits per heavy atom. The zero-order chi connectivity index (χ0) is 18.4. The molecule has 1 amide bonds. The standard InChI is InChI=1S/C23H20FNO/c1-18(26)25(17-20-10-6-3-7-11-20)23(16-19-8-4-2-5-9-19)21-12-14-22(24)15-13-21/h2-16H,17H2,1H3/b23-16-. The van der Waals surface area contributed by atoms with Gasteiger partial charge >= 0.3 is 0 Å². The van der Waals surface area contributed by atoms with Crippen molar-refractivity contribution >= 4 is 17.7 Å². The lowest BCUT2D eigenvalue weighted by molar-refractivity contribution is -0.126. The van der Waals surface area contributed by atoms with Crippen molar-refractivity contribution in [3.05, 3.63) is 107 Å². The van der Waals surface area contributed by atoms with Crippen molar-refractivity contribution in [1.29, 1.82) is 0 Å². The maximum atomic E-state index is 13.4. The molecule has 0 aliphatic carbocycles. The molecule has 0 atom stereocenters. The van der Waals surface area contributed by atoms with Gasteiger partial charge in [0, 0.05) is 6.92 Å². The highest BCUT2D eigenvalue weighted by Gasteiger charge is 2.17. The molecule has 0 N–H and O–H groups in total. The first-order chi connectivity index (χ1) is 12.6. The molecule has 3 aromatic rings. The molecule has 0 bridgehead atoms. The maximum Gasteiger partial charge on any atom is 0.224 e. The second-order valence-corrected chi connectivity index (χ2v) is 6.04. The minimum atomic E-state index is -0.301. The monoisotopic (exact) mass is 345 g/mol. The van der Waals surface area contributed by atoms with Gasteiger partial charge in [0.1, 0.15) is 5.82 Å². The molecule has 3 heteroatoms. The minimum Gasteiger partial charge on any atom is -0.308 e. The van der Waals surface area contributed by atoms with E-state index in [-0.39, 0.29) is 11.7 Å². The number of nitrogens with zero attached hydrogens (tertiary/aromatic N) is 1. The Balaban J connectivity index is 2.06. The fraction of sp³-hybridized carbons (Fsp3) is 0.0870. The second kappa shape index (κ2) is 8.26. The fourth-order valence-electron chi connectivity index (χ4n) is 2.78. The highest BCUT2D eigenvalue weighted by atomic mass is 19.1. The first-order valence-electron chi connectivity index (χ1n) is 8.48. The molecule has 0 unspecified atom stereocenters. The average molecular weight is 345 g/mol. The molecule has 2 nitrogen and oxygen atoms in total. The van der Waals surface area contributed by atoms with Gasteiger partial charge in [-0.1, -0.05) is 60.7 Å². The summed E-state index contributed by atoms with van der Waals surface area (Å²) in [6, 6.07) is 25.8. The van der Waals surface area contributed by atoms with Crippen LogP contribution in [-0.2, 0) is 11.3 Å². The van der Waals surface area contributed by atoms with Crippen LogP contribution in [0.3, 0.4) is 0 Å².